The van der Waals surface area contributed by atoms with Gasteiger partial charge in [-0.05, 0) is 30.7 Å². The molecule has 0 atom stereocenters. The van der Waals surface area contributed by atoms with Crippen molar-refractivity contribution < 1.29 is 8.42 Å². The van der Waals surface area contributed by atoms with Gasteiger partial charge in [0.25, 0.3) is 0 Å². The van der Waals surface area contributed by atoms with E-state index in [0.717, 1.165) is 34.6 Å². The van der Waals surface area contributed by atoms with Crippen LogP contribution in [0.5, 0.6) is 0 Å². The van der Waals surface area contributed by atoms with E-state index >= 15 is 0 Å². The molecule has 0 aliphatic carbocycles. The lowest BCUT2D eigenvalue weighted by molar-refractivity contribution is 0.578. The van der Waals surface area contributed by atoms with Crippen LogP contribution in [0.4, 0.5) is 5.69 Å². The summed E-state index contributed by atoms with van der Waals surface area (Å²) in [6.45, 7) is 2.41. The molecule has 1 aromatic heterocycles. The number of halogens is 2. The number of nitrogens with one attached hydrogen (secondary N) is 1. The lowest BCUT2D eigenvalue weighted by Gasteiger charge is -2.10. The van der Waals surface area contributed by atoms with Crippen molar-refractivity contribution >= 4 is 51.1 Å². The average Bonchev–Trinajstić information content (AvgIpc) is 3.03. The molecule has 0 saturated carbocycles. The first-order valence-corrected chi connectivity index (χ1v) is 11.7. The number of unbranched alkanes of at least 4 members (excludes halogenated alkanes) is 1. The summed E-state index contributed by atoms with van der Waals surface area (Å²) in [6.07, 6.45) is 1.69. The average molecular weight is 472 g/mol. The van der Waals surface area contributed by atoms with Crippen LogP contribution in [0.25, 0.3) is 11.3 Å². The molecule has 3 aromatic rings. The first kappa shape index (κ1) is 23.6. The van der Waals surface area contributed by atoms with Crippen molar-refractivity contribution in [2.75, 3.05) is 6.54 Å². The molecule has 2 aromatic carbocycles. The molecule has 0 aliphatic rings. The summed E-state index contributed by atoms with van der Waals surface area (Å²) in [5.41, 5.74) is 2.51. The van der Waals surface area contributed by atoms with Gasteiger partial charge in [-0.25, -0.2) is 18.1 Å². The Bertz CT molecular complexity index is 1120. The Morgan fingerprint density at radius 2 is 1.90 bits per heavy atom. The van der Waals surface area contributed by atoms with E-state index in [9.17, 15) is 8.42 Å². The number of rotatable bonds is 7. The maximum absolute atomic E-state index is 12.6. The minimum atomic E-state index is -3.66. The third-order valence-corrected chi connectivity index (χ3v) is 7.10. The summed E-state index contributed by atoms with van der Waals surface area (Å²) >= 11 is 7.69. The van der Waals surface area contributed by atoms with Gasteiger partial charge in [0.05, 0.1) is 16.4 Å². The normalized spacial score (nSPS) is 12.0. The van der Waals surface area contributed by atoms with Gasteiger partial charge < -0.3 is 4.57 Å². The second-order valence-electron chi connectivity index (χ2n) is 6.31. The molecule has 0 radical (unpaired) electrons. The van der Waals surface area contributed by atoms with Gasteiger partial charge in [0.1, 0.15) is 4.90 Å². The van der Waals surface area contributed by atoms with Gasteiger partial charge in [-0.15, -0.1) is 23.7 Å². The molecule has 3 rings (SSSR count). The fraction of sp³-hybridized carbons (Fsp3) is 0.250. The van der Waals surface area contributed by atoms with Crippen LogP contribution in [0.3, 0.4) is 0 Å². The van der Waals surface area contributed by atoms with Crippen molar-refractivity contribution in [2.24, 2.45) is 12.0 Å². The second kappa shape index (κ2) is 10.4. The molecule has 0 unspecified atom stereocenters. The second-order valence-corrected chi connectivity index (χ2v) is 9.29. The van der Waals surface area contributed by atoms with Crippen molar-refractivity contribution in [1.82, 2.24) is 9.29 Å². The van der Waals surface area contributed by atoms with E-state index in [1.807, 2.05) is 60.3 Å². The first-order chi connectivity index (χ1) is 13.4. The lowest BCUT2D eigenvalue weighted by atomic mass is 10.2. The fourth-order valence-corrected chi connectivity index (χ4v) is 5.20. The number of aromatic nitrogens is 1. The van der Waals surface area contributed by atoms with E-state index in [2.05, 4.69) is 9.71 Å². The summed E-state index contributed by atoms with van der Waals surface area (Å²) in [7, 11) is -1.75. The summed E-state index contributed by atoms with van der Waals surface area (Å²) in [6, 6.07) is 14.8. The number of benzene rings is 2. The molecule has 29 heavy (non-hydrogen) atoms. The van der Waals surface area contributed by atoms with Crippen molar-refractivity contribution in [3.63, 3.8) is 0 Å². The van der Waals surface area contributed by atoms with E-state index in [1.54, 1.807) is 12.1 Å². The highest BCUT2D eigenvalue weighted by Crippen LogP contribution is 2.28. The van der Waals surface area contributed by atoms with E-state index in [-0.39, 0.29) is 22.3 Å². The molecule has 0 bridgehead atoms. The first-order valence-electron chi connectivity index (χ1n) is 8.96. The number of nitrogens with zero attached hydrogens (tertiary/aromatic N) is 2. The number of hydrogen-bond donors (Lipinski definition) is 1. The molecule has 9 heteroatoms. The highest BCUT2D eigenvalue weighted by atomic mass is 35.5. The van der Waals surface area contributed by atoms with Gasteiger partial charge >= 0.3 is 0 Å². The standard InChI is InChI=1S/C20H22ClN3O2S2.ClH/c1-3-4-12-22-28(25,26)19-13-15(10-11-17(19)21)18-14-27-20(24(18)2)23-16-8-6-5-7-9-16;/h5-11,13-14,22H,3-4,12H2,1-2H3;1H. The summed E-state index contributed by atoms with van der Waals surface area (Å²) in [5.74, 6) is 0. The quantitative estimate of drug-likeness (QED) is 0.484. The monoisotopic (exact) mass is 471 g/mol. The Labute approximate surface area is 186 Å². The number of hydrogen-bond acceptors (Lipinski definition) is 4. The number of thiazole rings is 1. The van der Waals surface area contributed by atoms with E-state index < -0.39 is 10.0 Å². The van der Waals surface area contributed by atoms with E-state index in [0.29, 0.717) is 6.54 Å². The van der Waals surface area contributed by atoms with E-state index in [4.69, 9.17) is 11.6 Å². The highest BCUT2D eigenvalue weighted by Gasteiger charge is 2.19. The molecule has 5 nitrogen and oxygen atoms in total. The molecular weight excluding hydrogens is 449 g/mol. The summed E-state index contributed by atoms with van der Waals surface area (Å²) < 4.78 is 29.8. The molecule has 0 spiro atoms. The van der Waals surface area contributed by atoms with Gasteiger partial charge in [-0.3, -0.25) is 0 Å². The Hall–Kier alpha value is -1.64. The Kier molecular flexibility index (Phi) is 8.48. The molecule has 0 aliphatic heterocycles. The van der Waals surface area contributed by atoms with Gasteiger partial charge in [0.15, 0.2) is 4.80 Å². The lowest BCUT2D eigenvalue weighted by Crippen LogP contribution is -2.25. The van der Waals surface area contributed by atoms with Gasteiger partial charge in [-0.1, -0.05) is 49.2 Å². The van der Waals surface area contributed by atoms with Gasteiger partial charge in [0, 0.05) is 24.5 Å². The maximum atomic E-state index is 12.6. The van der Waals surface area contributed by atoms with Crippen LogP contribution in [0.2, 0.25) is 5.02 Å². The van der Waals surface area contributed by atoms with Crippen LogP contribution in [-0.4, -0.2) is 19.5 Å². The SMILES string of the molecule is CCCCNS(=O)(=O)c1cc(-c2csc(=Nc3ccccc3)n2C)ccc1Cl.Cl. The Balaban J connectivity index is 0.00000300. The molecular formula is C20H23Cl2N3O2S2. The van der Waals surface area contributed by atoms with Crippen molar-refractivity contribution in [2.45, 2.75) is 24.7 Å². The van der Waals surface area contributed by atoms with Gasteiger partial charge in [-0.2, -0.15) is 0 Å². The van der Waals surface area contributed by atoms with Crippen LogP contribution in [0, 0.1) is 0 Å². The molecule has 0 fully saturated rings. The Morgan fingerprint density at radius 3 is 2.59 bits per heavy atom. The topological polar surface area (TPSA) is 63.5 Å². The predicted molar refractivity (Wildman–Crippen MR) is 123 cm³/mol. The Morgan fingerprint density at radius 1 is 1.17 bits per heavy atom. The fourth-order valence-electron chi connectivity index (χ4n) is 2.68. The largest absolute Gasteiger partial charge is 0.320 e. The number of sulfonamides is 1. The molecule has 1 heterocycles. The van der Waals surface area contributed by atoms with Gasteiger partial charge in [0.2, 0.25) is 10.0 Å². The zero-order valence-electron chi connectivity index (χ0n) is 16.1. The van der Waals surface area contributed by atoms with Crippen molar-refractivity contribution in [1.29, 1.82) is 0 Å². The van der Waals surface area contributed by atoms with Crippen LogP contribution in [0.1, 0.15) is 19.8 Å². The molecule has 0 amide bonds. The van der Waals surface area contributed by atoms with Crippen LogP contribution in [0.15, 0.2) is 63.8 Å². The van der Waals surface area contributed by atoms with Crippen LogP contribution < -0.4 is 9.52 Å². The highest BCUT2D eigenvalue weighted by molar-refractivity contribution is 7.89. The molecule has 1 N–H and O–H groups in total. The summed E-state index contributed by atoms with van der Waals surface area (Å²) in [5, 5.41) is 2.17. The zero-order chi connectivity index (χ0) is 20.1. The van der Waals surface area contributed by atoms with Crippen molar-refractivity contribution in [3.05, 3.63) is 63.7 Å². The minimum Gasteiger partial charge on any atom is -0.320 e. The maximum Gasteiger partial charge on any atom is 0.242 e. The zero-order valence-corrected chi connectivity index (χ0v) is 19.3. The molecule has 0 saturated heterocycles. The third kappa shape index (κ3) is 5.71. The number of para-hydroxylation sites is 1. The molecule has 156 valence electrons. The smallest absolute Gasteiger partial charge is 0.242 e. The third-order valence-electron chi connectivity index (χ3n) is 4.24. The van der Waals surface area contributed by atoms with Crippen LogP contribution >= 0.6 is 35.3 Å². The van der Waals surface area contributed by atoms with E-state index in [1.165, 1.54) is 11.3 Å². The van der Waals surface area contributed by atoms with Crippen molar-refractivity contribution in [3.8, 4) is 11.3 Å². The predicted octanol–water partition coefficient (Wildman–Crippen LogP) is 5.14. The minimum absolute atomic E-state index is 0. The van der Waals surface area contributed by atoms with Crippen LogP contribution in [-0.2, 0) is 17.1 Å². The summed E-state index contributed by atoms with van der Waals surface area (Å²) in [4.78, 5) is 5.56.